The summed E-state index contributed by atoms with van der Waals surface area (Å²) in [6, 6.07) is 4.56. The minimum absolute atomic E-state index is 0.0844. The van der Waals surface area contributed by atoms with Crippen LogP contribution in [0.4, 0.5) is 4.39 Å². The van der Waals surface area contributed by atoms with Crippen LogP contribution in [0.1, 0.15) is 29.5 Å². The summed E-state index contributed by atoms with van der Waals surface area (Å²) in [5.74, 6) is -0.850. The van der Waals surface area contributed by atoms with E-state index < -0.39 is 17.8 Å². The fraction of sp³-hybridized carbons (Fsp3) is 0.357. The number of aryl methyl sites for hydroxylation is 1. The summed E-state index contributed by atoms with van der Waals surface area (Å²) in [6.07, 6.45) is -0.0426. The maximum absolute atomic E-state index is 13.5. The van der Waals surface area contributed by atoms with Crippen LogP contribution < -0.4 is 5.32 Å². The minimum atomic E-state index is -0.592. The number of hydrogen-bond donors (Lipinski definition) is 2. The molecule has 2 rings (SSSR count). The van der Waals surface area contributed by atoms with Crippen molar-refractivity contribution in [3.63, 3.8) is 0 Å². The molecule has 2 N–H and O–H groups in total. The Morgan fingerprint density at radius 1 is 1.53 bits per heavy atom. The molecule has 0 bridgehead atoms. The van der Waals surface area contributed by atoms with E-state index in [1.165, 1.54) is 6.07 Å². The largest absolute Gasteiger partial charge is 0.448 e. The van der Waals surface area contributed by atoms with Gasteiger partial charge < -0.3 is 14.8 Å². The summed E-state index contributed by atoms with van der Waals surface area (Å²) in [6.45, 7) is 3.67. The van der Waals surface area contributed by atoms with Crippen LogP contribution in [-0.2, 0) is 0 Å². The molecule has 0 saturated heterocycles. The third-order valence-corrected chi connectivity index (χ3v) is 3.09. The molecule has 0 spiro atoms. The van der Waals surface area contributed by atoms with Gasteiger partial charge in [0, 0.05) is 17.5 Å². The summed E-state index contributed by atoms with van der Waals surface area (Å²) >= 11 is 0. The number of rotatable bonds is 4. The first-order valence-electron chi connectivity index (χ1n) is 6.18. The number of furan rings is 1. The van der Waals surface area contributed by atoms with Gasteiger partial charge in [0.1, 0.15) is 0 Å². The molecule has 1 aromatic heterocycles. The molecule has 1 aromatic carbocycles. The van der Waals surface area contributed by atoms with Crippen molar-refractivity contribution in [2.75, 3.05) is 6.54 Å². The van der Waals surface area contributed by atoms with Crippen molar-refractivity contribution in [2.24, 2.45) is 0 Å². The fourth-order valence-corrected chi connectivity index (χ4v) is 1.86. The van der Waals surface area contributed by atoms with Crippen molar-refractivity contribution in [3.05, 3.63) is 35.3 Å². The van der Waals surface area contributed by atoms with Gasteiger partial charge in [-0.2, -0.15) is 0 Å². The first kappa shape index (κ1) is 13.5. The van der Waals surface area contributed by atoms with Crippen molar-refractivity contribution >= 4 is 16.9 Å². The van der Waals surface area contributed by atoms with Crippen LogP contribution >= 0.6 is 0 Å². The number of carbonyl (C=O) groups is 1. The molecule has 1 heterocycles. The van der Waals surface area contributed by atoms with Crippen LogP contribution in [0.25, 0.3) is 11.0 Å². The van der Waals surface area contributed by atoms with Gasteiger partial charge in [0.2, 0.25) is 0 Å². The lowest BCUT2D eigenvalue weighted by Gasteiger charge is -2.08. The predicted molar refractivity (Wildman–Crippen MR) is 69.5 cm³/mol. The Kier molecular flexibility index (Phi) is 3.85. The van der Waals surface area contributed by atoms with Crippen molar-refractivity contribution in [3.8, 4) is 0 Å². The standard InChI is InChI=1S/C14H16FNO3/c1-3-9(17)7-16-14(18)12-8(2)10-5-4-6-11(15)13(10)19-12/h4-6,9,17H,3,7H2,1-2H3,(H,16,18). The van der Waals surface area contributed by atoms with Crippen LogP contribution in [0.5, 0.6) is 0 Å². The Morgan fingerprint density at radius 2 is 2.26 bits per heavy atom. The van der Waals surface area contributed by atoms with Gasteiger partial charge in [0.25, 0.3) is 5.91 Å². The van der Waals surface area contributed by atoms with E-state index in [9.17, 15) is 14.3 Å². The van der Waals surface area contributed by atoms with Gasteiger partial charge in [-0.25, -0.2) is 4.39 Å². The topological polar surface area (TPSA) is 62.5 Å². The van der Waals surface area contributed by atoms with E-state index in [-0.39, 0.29) is 17.9 Å². The van der Waals surface area contributed by atoms with E-state index >= 15 is 0 Å². The van der Waals surface area contributed by atoms with Gasteiger partial charge >= 0.3 is 0 Å². The molecule has 1 amide bonds. The van der Waals surface area contributed by atoms with Gasteiger partial charge in [-0.1, -0.05) is 19.1 Å². The fourth-order valence-electron chi connectivity index (χ4n) is 1.86. The van der Waals surface area contributed by atoms with Gasteiger partial charge in [-0.3, -0.25) is 4.79 Å². The molecule has 5 heteroatoms. The summed E-state index contributed by atoms with van der Waals surface area (Å²) in [5, 5.41) is 12.6. The highest BCUT2D eigenvalue weighted by Crippen LogP contribution is 2.27. The van der Waals surface area contributed by atoms with Crippen LogP contribution in [-0.4, -0.2) is 23.7 Å². The molecule has 0 saturated carbocycles. The molecule has 0 aliphatic carbocycles. The third-order valence-electron chi connectivity index (χ3n) is 3.09. The zero-order valence-corrected chi connectivity index (χ0v) is 10.9. The summed E-state index contributed by atoms with van der Waals surface area (Å²) < 4.78 is 18.8. The highest BCUT2D eigenvalue weighted by atomic mass is 19.1. The lowest BCUT2D eigenvalue weighted by molar-refractivity contribution is 0.0888. The molecule has 19 heavy (non-hydrogen) atoms. The smallest absolute Gasteiger partial charge is 0.287 e. The highest BCUT2D eigenvalue weighted by Gasteiger charge is 2.19. The summed E-state index contributed by atoms with van der Waals surface area (Å²) in [5.41, 5.74) is 0.680. The number of halogens is 1. The summed E-state index contributed by atoms with van der Waals surface area (Å²) in [7, 11) is 0. The monoisotopic (exact) mass is 265 g/mol. The van der Waals surface area contributed by atoms with Crippen LogP contribution in [0.3, 0.4) is 0 Å². The molecule has 102 valence electrons. The number of para-hydroxylation sites is 1. The van der Waals surface area contributed by atoms with Crippen LogP contribution in [0.15, 0.2) is 22.6 Å². The first-order chi connectivity index (χ1) is 9.04. The molecule has 0 fully saturated rings. The SMILES string of the molecule is CCC(O)CNC(=O)c1oc2c(F)cccc2c1C. The quantitative estimate of drug-likeness (QED) is 0.892. The first-order valence-corrected chi connectivity index (χ1v) is 6.18. The molecule has 4 nitrogen and oxygen atoms in total. The number of carbonyl (C=O) groups excluding carboxylic acids is 1. The molecule has 0 radical (unpaired) electrons. The molecule has 1 atom stereocenters. The number of benzene rings is 1. The lowest BCUT2D eigenvalue weighted by Crippen LogP contribution is -2.31. The zero-order chi connectivity index (χ0) is 14.0. The van der Waals surface area contributed by atoms with Gasteiger partial charge in [-0.05, 0) is 19.4 Å². The second kappa shape index (κ2) is 5.40. The Bertz CT molecular complexity index is 606. The second-order valence-corrected chi connectivity index (χ2v) is 4.44. The molecule has 1 unspecified atom stereocenters. The second-order valence-electron chi connectivity index (χ2n) is 4.44. The van der Waals surface area contributed by atoms with Crippen molar-refractivity contribution in [1.82, 2.24) is 5.32 Å². The van der Waals surface area contributed by atoms with Gasteiger partial charge in [0.15, 0.2) is 17.2 Å². The molecular formula is C14H16FNO3. The van der Waals surface area contributed by atoms with Crippen LogP contribution in [0.2, 0.25) is 0 Å². The Hall–Kier alpha value is -1.88. The van der Waals surface area contributed by atoms with E-state index in [0.29, 0.717) is 17.4 Å². The number of aliphatic hydroxyl groups is 1. The average molecular weight is 265 g/mol. The van der Waals surface area contributed by atoms with E-state index in [0.717, 1.165) is 0 Å². The maximum Gasteiger partial charge on any atom is 0.287 e. The number of nitrogens with one attached hydrogen (secondary N) is 1. The number of fused-ring (bicyclic) bond motifs is 1. The van der Waals surface area contributed by atoms with Gasteiger partial charge in [-0.15, -0.1) is 0 Å². The van der Waals surface area contributed by atoms with Gasteiger partial charge in [0.05, 0.1) is 6.10 Å². The predicted octanol–water partition coefficient (Wildman–Crippen LogP) is 2.38. The van der Waals surface area contributed by atoms with Crippen molar-refractivity contribution in [1.29, 1.82) is 0 Å². The Labute approximate surface area is 110 Å². The normalized spacial score (nSPS) is 12.6. The number of aliphatic hydroxyl groups excluding tert-OH is 1. The van der Waals surface area contributed by atoms with Crippen molar-refractivity contribution in [2.45, 2.75) is 26.4 Å². The lowest BCUT2D eigenvalue weighted by atomic mass is 10.1. The number of amides is 1. The minimum Gasteiger partial charge on any atom is -0.448 e. The van der Waals surface area contributed by atoms with Crippen LogP contribution in [0, 0.1) is 12.7 Å². The Morgan fingerprint density at radius 3 is 2.89 bits per heavy atom. The number of hydrogen-bond acceptors (Lipinski definition) is 3. The zero-order valence-electron chi connectivity index (χ0n) is 10.9. The molecular weight excluding hydrogens is 249 g/mol. The van der Waals surface area contributed by atoms with Crippen molar-refractivity contribution < 1.29 is 18.7 Å². The average Bonchev–Trinajstić information content (AvgIpc) is 2.75. The molecule has 0 aliphatic rings. The van der Waals surface area contributed by atoms with E-state index in [1.54, 1.807) is 19.1 Å². The highest BCUT2D eigenvalue weighted by molar-refractivity contribution is 5.98. The van der Waals surface area contributed by atoms with E-state index in [2.05, 4.69) is 5.32 Å². The van der Waals surface area contributed by atoms with E-state index in [1.807, 2.05) is 6.92 Å². The Balaban J connectivity index is 2.28. The maximum atomic E-state index is 13.5. The van der Waals surface area contributed by atoms with E-state index in [4.69, 9.17) is 4.42 Å². The third kappa shape index (κ3) is 2.61. The molecule has 0 aliphatic heterocycles. The molecule has 2 aromatic rings. The summed E-state index contributed by atoms with van der Waals surface area (Å²) in [4.78, 5) is 11.9.